The van der Waals surface area contributed by atoms with Crippen LogP contribution >= 0.6 is 34.5 Å². The van der Waals surface area contributed by atoms with Gasteiger partial charge < -0.3 is 10.0 Å². The molecular weight excluding hydrogens is 405 g/mol. The molecule has 0 saturated carbocycles. The Kier molecular flexibility index (Phi) is 5.16. The van der Waals surface area contributed by atoms with Crippen LogP contribution in [0, 0.1) is 6.92 Å². The number of hydrogen-bond acceptors (Lipinski definition) is 4. The lowest BCUT2D eigenvalue weighted by Crippen LogP contribution is -2.41. The zero-order valence-corrected chi connectivity index (χ0v) is 17.1. The first-order chi connectivity index (χ1) is 12.9. The van der Waals surface area contributed by atoms with E-state index in [2.05, 4.69) is 5.10 Å². The number of fused-ring (bicyclic) bond motifs is 1. The van der Waals surface area contributed by atoms with Crippen LogP contribution in [-0.2, 0) is 6.54 Å². The summed E-state index contributed by atoms with van der Waals surface area (Å²) in [5.74, 6) is -0.0309. The van der Waals surface area contributed by atoms with Gasteiger partial charge in [-0.3, -0.25) is 4.79 Å². The smallest absolute Gasteiger partial charge is 0.264 e. The first-order valence-corrected chi connectivity index (χ1v) is 10.4. The molecule has 0 aliphatic carbocycles. The number of aliphatic hydroxyl groups is 1. The maximum absolute atomic E-state index is 12.9. The number of thiophene rings is 1. The van der Waals surface area contributed by atoms with Gasteiger partial charge in [0.1, 0.15) is 4.83 Å². The van der Waals surface area contributed by atoms with Crippen LogP contribution in [-0.4, -0.2) is 44.9 Å². The molecule has 0 radical (unpaired) electrons. The average molecular weight is 424 g/mol. The highest BCUT2D eigenvalue weighted by molar-refractivity contribution is 7.20. The molecular formula is C19H19Cl2N3O2S. The molecule has 142 valence electrons. The van der Waals surface area contributed by atoms with Crippen molar-refractivity contribution in [3.05, 3.63) is 50.4 Å². The Bertz CT molecular complexity index is 994. The number of amides is 1. The fourth-order valence-corrected chi connectivity index (χ4v) is 5.10. The molecule has 1 aromatic carbocycles. The van der Waals surface area contributed by atoms with Crippen LogP contribution in [0.15, 0.2) is 24.3 Å². The van der Waals surface area contributed by atoms with Crippen LogP contribution in [0.3, 0.4) is 0 Å². The molecule has 1 amide bonds. The lowest BCUT2D eigenvalue weighted by atomic mass is 10.1. The average Bonchev–Trinajstić information content (AvgIpc) is 3.19. The lowest BCUT2D eigenvalue weighted by Gasteiger charge is -2.29. The number of hydrogen-bond donors (Lipinski definition) is 1. The number of carbonyl (C=O) groups is 1. The van der Waals surface area contributed by atoms with Crippen molar-refractivity contribution in [2.75, 3.05) is 13.1 Å². The van der Waals surface area contributed by atoms with Crippen LogP contribution in [0.25, 0.3) is 10.2 Å². The number of aryl methyl sites for hydroxylation is 1. The zero-order chi connectivity index (χ0) is 19.1. The second-order valence-corrected chi connectivity index (χ2v) is 8.67. The van der Waals surface area contributed by atoms with Gasteiger partial charge >= 0.3 is 0 Å². The van der Waals surface area contributed by atoms with Crippen molar-refractivity contribution in [3.63, 3.8) is 0 Å². The minimum absolute atomic E-state index is 0.0309. The summed E-state index contributed by atoms with van der Waals surface area (Å²) in [4.78, 5) is 16.2. The van der Waals surface area contributed by atoms with Crippen molar-refractivity contribution in [2.45, 2.75) is 32.4 Å². The third-order valence-corrected chi connectivity index (χ3v) is 6.72. The second kappa shape index (κ2) is 7.43. The quantitative estimate of drug-likeness (QED) is 0.680. The summed E-state index contributed by atoms with van der Waals surface area (Å²) in [5.41, 5.74) is 1.67. The van der Waals surface area contributed by atoms with Crippen molar-refractivity contribution in [2.24, 2.45) is 0 Å². The number of benzene rings is 1. The van der Waals surface area contributed by atoms with Crippen LogP contribution in [0.1, 0.15) is 33.8 Å². The minimum atomic E-state index is -0.434. The molecule has 1 unspecified atom stereocenters. The van der Waals surface area contributed by atoms with Gasteiger partial charge in [-0.2, -0.15) is 5.10 Å². The number of β-amino-alcohol motifs (C(OH)–C–C–N with tert-alkyl or cyclic N) is 1. The van der Waals surface area contributed by atoms with Gasteiger partial charge in [0.15, 0.2) is 0 Å². The van der Waals surface area contributed by atoms with Crippen molar-refractivity contribution in [1.29, 1.82) is 0 Å². The topological polar surface area (TPSA) is 58.4 Å². The maximum atomic E-state index is 12.9. The Balaban J connectivity index is 1.67. The number of carbonyl (C=O) groups excluding carboxylic acids is 1. The molecule has 3 heterocycles. The Morgan fingerprint density at radius 3 is 2.81 bits per heavy atom. The number of aromatic nitrogens is 2. The molecule has 0 bridgehead atoms. The molecule has 4 rings (SSSR count). The Morgan fingerprint density at radius 1 is 1.37 bits per heavy atom. The molecule has 5 nitrogen and oxygen atoms in total. The first kappa shape index (κ1) is 18.7. The van der Waals surface area contributed by atoms with Crippen molar-refractivity contribution < 1.29 is 9.90 Å². The van der Waals surface area contributed by atoms with Gasteiger partial charge in [-0.25, -0.2) is 4.68 Å². The van der Waals surface area contributed by atoms with Crippen LogP contribution < -0.4 is 0 Å². The minimum Gasteiger partial charge on any atom is -0.391 e. The van der Waals surface area contributed by atoms with Gasteiger partial charge in [0, 0.05) is 34.1 Å². The maximum Gasteiger partial charge on any atom is 0.264 e. The van der Waals surface area contributed by atoms with E-state index >= 15 is 0 Å². The van der Waals surface area contributed by atoms with E-state index in [1.807, 2.05) is 23.7 Å². The van der Waals surface area contributed by atoms with E-state index in [1.165, 1.54) is 11.3 Å². The van der Waals surface area contributed by atoms with E-state index in [0.29, 0.717) is 34.6 Å². The fourth-order valence-electron chi connectivity index (χ4n) is 3.45. The van der Waals surface area contributed by atoms with Gasteiger partial charge in [-0.15, -0.1) is 11.3 Å². The van der Waals surface area contributed by atoms with Gasteiger partial charge in [-0.05, 0) is 38.0 Å². The van der Waals surface area contributed by atoms with Gasteiger partial charge in [-0.1, -0.05) is 29.3 Å². The van der Waals surface area contributed by atoms with Gasteiger partial charge in [0.2, 0.25) is 0 Å². The van der Waals surface area contributed by atoms with Crippen molar-refractivity contribution >= 4 is 50.7 Å². The summed E-state index contributed by atoms with van der Waals surface area (Å²) < 4.78 is 1.85. The molecule has 1 fully saturated rings. The van der Waals surface area contributed by atoms with E-state index in [-0.39, 0.29) is 5.91 Å². The SMILES string of the molecule is Cc1nn(Cc2c(Cl)cccc2Cl)c2sc(C(=O)N3CCCC(O)C3)cc12. The number of halogens is 2. The van der Waals surface area contributed by atoms with E-state index < -0.39 is 6.10 Å². The molecule has 0 spiro atoms. The number of likely N-dealkylation sites (tertiary alicyclic amines) is 1. The summed E-state index contributed by atoms with van der Waals surface area (Å²) in [6.07, 6.45) is 1.15. The van der Waals surface area contributed by atoms with E-state index in [1.54, 1.807) is 17.0 Å². The van der Waals surface area contributed by atoms with Crippen molar-refractivity contribution in [3.8, 4) is 0 Å². The highest BCUT2D eigenvalue weighted by atomic mass is 35.5. The zero-order valence-electron chi connectivity index (χ0n) is 14.8. The van der Waals surface area contributed by atoms with E-state index in [0.717, 1.165) is 34.3 Å². The summed E-state index contributed by atoms with van der Waals surface area (Å²) in [6, 6.07) is 7.33. The van der Waals surface area contributed by atoms with Crippen LogP contribution in [0.5, 0.6) is 0 Å². The highest BCUT2D eigenvalue weighted by Gasteiger charge is 2.25. The van der Waals surface area contributed by atoms with E-state index in [4.69, 9.17) is 23.2 Å². The molecule has 1 aliphatic heterocycles. The van der Waals surface area contributed by atoms with Gasteiger partial charge in [0.05, 0.1) is 23.2 Å². The standard InChI is InChI=1S/C19H19Cl2N3O2S/c1-11-13-8-17(18(26)23-7-3-4-12(25)9-23)27-19(13)24(22-11)10-14-15(20)5-2-6-16(14)21/h2,5-6,8,12,25H,3-4,7,9-10H2,1H3. The Morgan fingerprint density at radius 2 is 2.11 bits per heavy atom. The first-order valence-electron chi connectivity index (χ1n) is 8.81. The van der Waals surface area contributed by atoms with Crippen molar-refractivity contribution in [1.82, 2.24) is 14.7 Å². The molecule has 27 heavy (non-hydrogen) atoms. The summed E-state index contributed by atoms with van der Waals surface area (Å²) >= 11 is 14.0. The number of piperidine rings is 1. The molecule has 1 atom stereocenters. The molecule has 1 N–H and O–H groups in total. The summed E-state index contributed by atoms with van der Waals surface area (Å²) in [5, 5.41) is 16.6. The highest BCUT2D eigenvalue weighted by Crippen LogP contribution is 2.32. The normalized spacial score (nSPS) is 17.6. The van der Waals surface area contributed by atoms with Gasteiger partial charge in [0.25, 0.3) is 5.91 Å². The molecule has 2 aromatic heterocycles. The predicted octanol–water partition coefficient (Wildman–Crippen LogP) is 4.36. The van der Waals surface area contributed by atoms with E-state index in [9.17, 15) is 9.90 Å². The molecule has 1 aliphatic rings. The predicted molar refractivity (Wildman–Crippen MR) is 109 cm³/mol. The monoisotopic (exact) mass is 423 g/mol. The van der Waals surface area contributed by atoms with Crippen LogP contribution in [0.4, 0.5) is 0 Å². The third-order valence-electron chi connectivity index (χ3n) is 4.87. The molecule has 1 saturated heterocycles. The number of nitrogens with zero attached hydrogens (tertiary/aromatic N) is 3. The Labute approximate surface area is 171 Å². The summed E-state index contributed by atoms with van der Waals surface area (Å²) in [7, 11) is 0. The largest absolute Gasteiger partial charge is 0.391 e. The Hall–Kier alpha value is -1.60. The van der Waals surface area contributed by atoms with Crippen LogP contribution in [0.2, 0.25) is 10.0 Å². The second-order valence-electron chi connectivity index (χ2n) is 6.82. The number of aliphatic hydroxyl groups excluding tert-OH is 1. The third kappa shape index (κ3) is 3.59. The molecule has 8 heteroatoms. The number of rotatable bonds is 3. The summed E-state index contributed by atoms with van der Waals surface area (Å²) in [6.45, 7) is 3.45. The molecule has 3 aromatic rings. The lowest BCUT2D eigenvalue weighted by molar-refractivity contribution is 0.0478. The fraction of sp³-hybridized carbons (Fsp3) is 0.368.